The van der Waals surface area contributed by atoms with Gasteiger partial charge in [0.2, 0.25) is 0 Å². The minimum Gasteiger partial charge on any atom is -0.478 e. The number of nitrogens with one attached hydrogen (secondary N) is 1. The first-order chi connectivity index (χ1) is 9.08. The van der Waals surface area contributed by atoms with Gasteiger partial charge in [0.15, 0.2) is 0 Å². The lowest BCUT2D eigenvalue weighted by Crippen LogP contribution is -2.37. The summed E-state index contributed by atoms with van der Waals surface area (Å²) in [4.78, 5) is 24.5. The molecule has 1 aliphatic rings. The van der Waals surface area contributed by atoms with Crippen LogP contribution in [0.2, 0.25) is 5.02 Å². The lowest BCUT2D eigenvalue weighted by Gasteiger charge is -2.23. The molecule has 0 radical (unpaired) electrons. The van der Waals surface area contributed by atoms with Crippen LogP contribution in [0.25, 0.3) is 0 Å². The predicted molar refractivity (Wildman–Crippen MR) is 72.8 cm³/mol. The Balaban J connectivity index is 2.13. The predicted octanol–water partition coefficient (Wildman–Crippen LogP) is 2.83. The van der Waals surface area contributed by atoms with Crippen LogP contribution in [0, 0.1) is 0 Å². The van der Waals surface area contributed by atoms with E-state index >= 15 is 0 Å². The molecule has 1 aromatic carbocycles. The fourth-order valence-corrected chi connectivity index (χ4v) is 1.94. The number of carbonyl (C=O) groups excluding carboxylic acids is 1. The average Bonchev–Trinajstić information content (AvgIpc) is 2.42. The zero-order valence-electron chi connectivity index (χ0n) is 10.1. The van der Waals surface area contributed by atoms with Crippen LogP contribution >= 0.6 is 11.6 Å². The van der Waals surface area contributed by atoms with Crippen molar-refractivity contribution in [1.82, 2.24) is 4.90 Å². The SMILES string of the molecule is O=C(O)c1ccc(Cl)c(NC(=O)N2CC=CCC2)c1. The molecule has 0 spiro atoms. The number of hydrogen-bond donors (Lipinski definition) is 2. The smallest absolute Gasteiger partial charge is 0.335 e. The number of nitrogens with zero attached hydrogens (tertiary/aromatic N) is 1. The summed E-state index contributed by atoms with van der Waals surface area (Å²) < 4.78 is 0. The monoisotopic (exact) mass is 280 g/mol. The van der Waals surface area contributed by atoms with E-state index < -0.39 is 5.97 Å². The molecule has 0 bridgehead atoms. The molecule has 5 nitrogen and oxygen atoms in total. The van der Waals surface area contributed by atoms with E-state index in [0.29, 0.717) is 23.8 Å². The van der Waals surface area contributed by atoms with Crippen molar-refractivity contribution >= 4 is 29.3 Å². The Morgan fingerprint density at radius 2 is 2.11 bits per heavy atom. The Bertz CT molecular complexity index is 543. The van der Waals surface area contributed by atoms with E-state index in [2.05, 4.69) is 5.32 Å². The molecule has 2 amide bonds. The van der Waals surface area contributed by atoms with Crippen molar-refractivity contribution < 1.29 is 14.7 Å². The third-order valence-corrected chi connectivity index (χ3v) is 3.13. The quantitative estimate of drug-likeness (QED) is 0.819. The number of urea groups is 1. The first-order valence-electron chi connectivity index (χ1n) is 5.81. The number of rotatable bonds is 2. The third-order valence-electron chi connectivity index (χ3n) is 2.80. The van der Waals surface area contributed by atoms with Gasteiger partial charge >= 0.3 is 12.0 Å². The van der Waals surface area contributed by atoms with E-state index in [9.17, 15) is 9.59 Å². The van der Waals surface area contributed by atoms with E-state index in [0.717, 1.165) is 6.42 Å². The molecule has 0 aliphatic carbocycles. The molecule has 0 saturated carbocycles. The Morgan fingerprint density at radius 3 is 2.74 bits per heavy atom. The molecule has 0 atom stereocenters. The van der Waals surface area contributed by atoms with Crippen molar-refractivity contribution in [2.75, 3.05) is 18.4 Å². The van der Waals surface area contributed by atoms with Crippen LogP contribution in [-0.2, 0) is 0 Å². The summed E-state index contributed by atoms with van der Waals surface area (Å²) in [7, 11) is 0. The van der Waals surface area contributed by atoms with Crippen molar-refractivity contribution in [3.05, 3.63) is 40.9 Å². The van der Waals surface area contributed by atoms with Gasteiger partial charge in [-0.15, -0.1) is 0 Å². The second kappa shape index (κ2) is 5.75. The molecular weight excluding hydrogens is 268 g/mol. The first-order valence-corrected chi connectivity index (χ1v) is 6.19. The van der Waals surface area contributed by atoms with Crippen LogP contribution in [0.3, 0.4) is 0 Å². The number of aromatic carboxylic acids is 1. The van der Waals surface area contributed by atoms with Gasteiger partial charge in [-0.05, 0) is 24.6 Å². The fourth-order valence-electron chi connectivity index (χ4n) is 1.77. The first kappa shape index (κ1) is 13.4. The van der Waals surface area contributed by atoms with Crippen LogP contribution in [0.15, 0.2) is 30.4 Å². The van der Waals surface area contributed by atoms with Crippen LogP contribution in [0.4, 0.5) is 10.5 Å². The topological polar surface area (TPSA) is 69.6 Å². The van der Waals surface area contributed by atoms with Crippen molar-refractivity contribution in [2.24, 2.45) is 0 Å². The minimum atomic E-state index is -1.06. The molecule has 2 N–H and O–H groups in total. The summed E-state index contributed by atoms with van der Waals surface area (Å²) >= 11 is 5.94. The summed E-state index contributed by atoms with van der Waals surface area (Å²) in [6.45, 7) is 1.18. The van der Waals surface area contributed by atoms with Crippen LogP contribution in [-0.4, -0.2) is 35.1 Å². The Kier molecular flexibility index (Phi) is 4.06. The molecule has 0 saturated heterocycles. The van der Waals surface area contributed by atoms with E-state index in [1.54, 1.807) is 4.90 Å². The second-order valence-electron chi connectivity index (χ2n) is 4.14. The number of anilines is 1. The van der Waals surface area contributed by atoms with Crippen molar-refractivity contribution in [1.29, 1.82) is 0 Å². The van der Waals surface area contributed by atoms with E-state index in [1.165, 1.54) is 18.2 Å². The molecule has 2 rings (SSSR count). The van der Waals surface area contributed by atoms with Gasteiger partial charge in [-0.2, -0.15) is 0 Å². The van der Waals surface area contributed by atoms with E-state index in [-0.39, 0.29) is 11.6 Å². The highest BCUT2D eigenvalue weighted by Crippen LogP contribution is 2.23. The summed E-state index contributed by atoms with van der Waals surface area (Å²) in [5.74, 6) is -1.06. The molecule has 1 aliphatic heterocycles. The zero-order chi connectivity index (χ0) is 13.8. The number of benzene rings is 1. The zero-order valence-corrected chi connectivity index (χ0v) is 10.9. The van der Waals surface area contributed by atoms with Crippen LogP contribution in [0.1, 0.15) is 16.8 Å². The highest BCUT2D eigenvalue weighted by molar-refractivity contribution is 6.33. The molecule has 100 valence electrons. The normalized spacial score (nSPS) is 14.3. The number of halogens is 1. The fraction of sp³-hybridized carbons (Fsp3) is 0.231. The van der Waals surface area contributed by atoms with Crippen molar-refractivity contribution in [3.63, 3.8) is 0 Å². The summed E-state index contributed by atoms with van der Waals surface area (Å²) in [6, 6.07) is 3.91. The highest BCUT2D eigenvalue weighted by Gasteiger charge is 2.16. The standard InChI is InChI=1S/C13H13ClN2O3/c14-10-5-4-9(12(17)18)8-11(10)15-13(19)16-6-2-1-3-7-16/h1-2,4-5,8H,3,6-7H2,(H,15,19)(H,17,18). The molecule has 0 aromatic heterocycles. The molecule has 1 heterocycles. The Labute approximate surface area is 115 Å². The van der Waals surface area contributed by atoms with E-state index in [4.69, 9.17) is 16.7 Å². The van der Waals surface area contributed by atoms with Gasteiger partial charge in [-0.1, -0.05) is 23.8 Å². The maximum atomic E-state index is 12.0. The molecule has 6 heteroatoms. The summed E-state index contributed by atoms with van der Waals surface area (Å²) in [5.41, 5.74) is 0.388. The lowest BCUT2D eigenvalue weighted by molar-refractivity contribution is 0.0697. The largest absolute Gasteiger partial charge is 0.478 e. The van der Waals surface area contributed by atoms with Gasteiger partial charge in [0, 0.05) is 13.1 Å². The number of amides is 2. The highest BCUT2D eigenvalue weighted by atomic mass is 35.5. The molecular formula is C13H13ClN2O3. The van der Waals surface area contributed by atoms with Gasteiger partial charge in [-0.25, -0.2) is 9.59 Å². The number of carboxylic acids is 1. The number of hydrogen-bond acceptors (Lipinski definition) is 2. The third kappa shape index (κ3) is 3.26. The van der Waals surface area contributed by atoms with Gasteiger partial charge in [0.25, 0.3) is 0 Å². The second-order valence-corrected chi connectivity index (χ2v) is 4.54. The van der Waals surface area contributed by atoms with Gasteiger partial charge in [0.05, 0.1) is 16.3 Å². The molecule has 1 aromatic rings. The number of carbonyl (C=O) groups is 2. The van der Waals surface area contributed by atoms with Gasteiger partial charge in [0.1, 0.15) is 0 Å². The maximum Gasteiger partial charge on any atom is 0.335 e. The Morgan fingerprint density at radius 1 is 1.32 bits per heavy atom. The summed E-state index contributed by atoms with van der Waals surface area (Å²) in [5, 5.41) is 11.9. The van der Waals surface area contributed by atoms with Crippen molar-refractivity contribution in [2.45, 2.75) is 6.42 Å². The Hall–Kier alpha value is -2.01. The van der Waals surface area contributed by atoms with Crippen molar-refractivity contribution in [3.8, 4) is 0 Å². The maximum absolute atomic E-state index is 12.0. The molecule has 0 unspecified atom stereocenters. The average molecular weight is 281 g/mol. The number of carboxylic acid groups (broad SMARTS) is 1. The van der Waals surface area contributed by atoms with Gasteiger partial charge in [-0.3, -0.25) is 0 Å². The van der Waals surface area contributed by atoms with E-state index in [1.807, 2.05) is 12.2 Å². The molecule has 0 fully saturated rings. The summed E-state index contributed by atoms with van der Waals surface area (Å²) in [6.07, 6.45) is 4.75. The van der Waals surface area contributed by atoms with Gasteiger partial charge < -0.3 is 15.3 Å². The molecule has 19 heavy (non-hydrogen) atoms. The van der Waals surface area contributed by atoms with Crippen LogP contribution < -0.4 is 5.32 Å². The minimum absolute atomic E-state index is 0.0817. The van der Waals surface area contributed by atoms with Crippen LogP contribution in [0.5, 0.6) is 0 Å². The lowest BCUT2D eigenvalue weighted by atomic mass is 10.2.